The van der Waals surface area contributed by atoms with Crippen LogP contribution in [-0.2, 0) is 13.0 Å². The van der Waals surface area contributed by atoms with E-state index in [0.29, 0.717) is 13.2 Å². The summed E-state index contributed by atoms with van der Waals surface area (Å²) in [5, 5.41) is 3.41. The van der Waals surface area contributed by atoms with Crippen LogP contribution in [0.4, 0.5) is 0 Å². The van der Waals surface area contributed by atoms with Gasteiger partial charge >= 0.3 is 0 Å². The van der Waals surface area contributed by atoms with Gasteiger partial charge in [-0.1, -0.05) is 36.4 Å². The van der Waals surface area contributed by atoms with Gasteiger partial charge in [-0.25, -0.2) is 0 Å². The second-order valence-electron chi connectivity index (χ2n) is 4.70. The van der Waals surface area contributed by atoms with Crippen molar-refractivity contribution in [3.05, 3.63) is 65.0 Å². The third kappa shape index (κ3) is 2.69. The summed E-state index contributed by atoms with van der Waals surface area (Å²) in [5.74, 6) is 0.955. The molecule has 1 aromatic heterocycles. The van der Waals surface area contributed by atoms with Crippen LogP contribution in [0.2, 0.25) is 0 Å². The SMILES string of the molecule is NCCc1csc2cccc(OCc3ccccc3)c12. The van der Waals surface area contributed by atoms with Crippen LogP contribution < -0.4 is 10.5 Å². The number of hydrogen-bond acceptors (Lipinski definition) is 3. The van der Waals surface area contributed by atoms with Crippen molar-refractivity contribution in [2.24, 2.45) is 5.73 Å². The second-order valence-corrected chi connectivity index (χ2v) is 5.61. The van der Waals surface area contributed by atoms with Crippen LogP contribution in [0.15, 0.2) is 53.9 Å². The van der Waals surface area contributed by atoms with Gasteiger partial charge in [-0.15, -0.1) is 11.3 Å². The first kappa shape index (κ1) is 13.2. The normalized spacial score (nSPS) is 10.8. The molecule has 0 bridgehead atoms. The molecule has 0 aliphatic rings. The molecule has 0 amide bonds. The first-order valence-corrected chi connectivity index (χ1v) is 7.62. The van der Waals surface area contributed by atoms with E-state index in [4.69, 9.17) is 10.5 Å². The summed E-state index contributed by atoms with van der Waals surface area (Å²) in [5.41, 5.74) is 8.16. The van der Waals surface area contributed by atoms with E-state index in [9.17, 15) is 0 Å². The van der Waals surface area contributed by atoms with E-state index in [1.54, 1.807) is 11.3 Å². The quantitative estimate of drug-likeness (QED) is 0.768. The van der Waals surface area contributed by atoms with Crippen LogP contribution in [0.1, 0.15) is 11.1 Å². The molecule has 0 unspecified atom stereocenters. The molecule has 0 aliphatic heterocycles. The van der Waals surface area contributed by atoms with E-state index in [2.05, 4.69) is 23.6 Å². The minimum absolute atomic E-state index is 0.595. The molecule has 2 nitrogen and oxygen atoms in total. The average molecular weight is 283 g/mol. The molecule has 0 atom stereocenters. The lowest BCUT2D eigenvalue weighted by molar-refractivity contribution is 0.310. The maximum absolute atomic E-state index is 6.02. The minimum atomic E-state index is 0.595. The van der Waals surface area contributed by atoms with Crippen molar-refractivity contribution in [1.29, 1.82) is 0 Å². The van der Waals surface area contributed by atoms with E-state index in [0.717, 1.165) is 12.2 Å². The minimum Gasteiger partial charge on any atom is -0.488 e. The van der Waals surface area contributed by atoms with Gasteiger partial charge in [0.05, 0.1) is 0 Å². The van der Waals surface area contributed by atoms with Gasteiger partial charge in [-0.2, -0.15) is 0 Å². The van der Waals surface area contributed by atoms with Crippen molar-refractivity contribution in [3.8, 4) is 5.75 Å². The standard InChI is InChI=1S/C17H17NOS/c18-10-9-14-12-20-16-8-4-7-15(17(14)16)19-11-13-5-2-1-3-6-13/h1-8,12H,9-11,18H2. The summed E-state index contributed by atoms with van der Waals surface area (Å²) in [4.78, 5) is 0. The molecule has 2 N–H and O–H groups in total. The molecule has 20 heavy (non-hydrogen) atoms. The zero-order valence-corrected chi connectivity index (χ0v) is 12.0. The molecular formula is C17H17NOS. The lowest BCUT2D eigenvalue weighted by Gasteiger charge is -2.09. The predicted octanol–water partition coefficient (Wildman–Crippen LogP) is 3.98. The fourth-order valence-electron chi connectivity index (χ4n) is 2.31. The number of ether oxygens (including phenoxy) is 1. The summed E-state index contributed by atoms with van der Waals surface area (Å²) < 4.78 is 7.28. The largest absolute Gasteiger partial charge is 0.488 e. The fourth-order valence-corrected chi connectivity index (χ4v) is 3.33. The van der Waals surface area contributed by atoms with Gasteiger partial charge in [-0.05, 0) is 41.6 Å². The maximum atomic E-state index is 6.02. The Kier molecular flexibility index (Phi) is 4.00. The van der Waals surface area contributed by atoms with E-state index in [-0.39, 0.29) is 0 Å². The Bertz CT molecular complexity index is 691. The average Bonchev–Trinajstić information content (AvgIpc) is 2.91. The molecule has 3 aromatic rings. The Balaban J connectivity index is 1.89. The van der Waals surface area contributed by atoms with Crippen molar-refractivity contribution in [1.82, 2.24) is 0 Å². The van der Waals surface area contributed by atoms with Crippen LogP contribution in [-0.4, -0.2) is 6.54 Å². The maximum Gasteiger partial charge on any atom is 0.128 e. The van der Waals surface area contributed by atoms with Gasteiger partial charge in [-0.3, -0.25) is 0 Å². The number of rotatable bonds is 5. The molecule has 0 spiro atoms. The number of hydrogen-bond donors (Lipinski definition) is 1. The number of benzene rings is 2. The van der Waals surface area contributed by atoms with Gasteiger partial charge < -0.3 is 10.5 Å². The molecular weight excluding hydrogens is 266 g/mol. The first-order chi connectivity index (χ1) is 9.88. The molecule has 102 valence electrons. The van der Waals surface area contributed by atoms with Crippen molar-refractivity contribution in [2.45, 2.75) is 13.0 Å². The van der Waals surface area contributed by atoms with Crippen LogP contribution in [0.25, 0.3) is 10.1 Å². The highest BCUT2D eigenvalue weighted by Gasteiger charge is 2.09. The molecule has 0 aliphatic carbocycles. The Morgan fingerprint density at radius 3 is 2.65 bits per heavy atom. The lowest BCUT2D eigenvalue weighted by Crippen LogP contribution is -2.02. The predicted molar refractivity (Wildman–Crippen MR) is 85.4 cm³/mol. The Hall–Kier alpha value is -1.84. The fraction of sp³-hybridized carbons (Fsp3) is 0.176. The van der Waals surface area contributed by atoms with E-state index < -0.39 is 0 Å². The number of fused-ring (bicyclic) bond motifs is 1. The van der Waals surface area contributed by atoms with Gasteiger partial charge in [0.2, 0.25) is 0 Å². The summed E-state index contributed by atoms with van der Waals surface area (Å²) in [6.07, 6.45) is 0.895. The lowest BCUT2D eigenvalue weighted by atomic mass is 10.1. The Labute approximate surface area is 122 Å². The van der Waals surface area contributed by atoms with E-state index >= 15 is 0 Å². The highest BCUT2D eigenvalue weighted by molar-refractivity contribution is 7.17. The summed E-state index contributed by atoms with van der Waals surface area (Å²) in [6, 6.07) is 16.5. The molecule has 0 radical (unpaired) electrons. The number of nitrogens with two attached hydrogens (primary N) is 1. The zero-order chi connectivity index (χ0) is 13.8. The Morgan fingerprint density at radius 2 is 1.85 bits per heavy atom. The molecule has 0 fully saturated rings. The van der Waals surface area contributed by atoms with Crippen molar-refractivity contribution >= 4 is 21.4 Å². The van der Waals surface area contributed by atoms with Crippen LogP contribution in [0.5, 0.6) is 5.75 Å². The zero-order valence-electron chi connectivity index (χ0n) is 11.2. The van der Waals surface area contributed by atoms with Crippen molar-refractivity contribution in [2.75, 3.05) is 6.54 Å². The highest BCUT2D eigenvalue weighted by atomic mass is 32.1. The van der Waals surface area contributed by atoms with Gasteiger partial charge in [0.25, 0.3) is 0 Å². The first-order valence-electron chi connectivity index (χ1n) is 6.74. The summed E-state index contributed by atoms with van der Waals surface area (Å²) >= 11 is 1.75. The third-order valence-electron chi connectivity index (χ3n) is 3.29. The second kappa shape index (κ2) is 6.07. The molecule has 1 heterocycles. The molecule has 3 rings (SSSR count). The smallest absolute Gasteiger partial charge is 0.128 e. The van der Waals surface area contributed by atoms with Gasteiger partial charge in [0.1, 0.15) is 12.4 Å². The molecule has 0 saturated heterocycles. The van der Waals surface area contributed by atoms with Crippen molar-refractivity contribution < 1.29 is 4.74 Å². The Morgan fingerprint density at radius 1 is 1.00 bits per heavy atom. The monoisotopic (exact) mass is 283 g/mol. The highest BCUT2D eigenvalue weighted by Crippen LogP contribution is 2.34. The summed E-state index contributed by atoms with van der Waals surface area (Å²) in [7, 11) is 0. The number of thiophene rings is 1. The van der Waals surface area contributed by atoms with Crippen LogP contribution in [0, 0.1) is 0 Å². The van der Waals surface area contributed by atoms with E-state index in [1.807, 2.05) is 30.3 Å². The van der Waals surface area contributed by atoms with Gasteiger partial charge in [0.15, 0.2) is 0 Å². The van der Waals surface area contributed by atoms with E-state index in [1.165, 1.54) is 21.2 Å². The molecule has 0 saturated carbocycles. The topological polar surface area (TPSA) is 35.2 Å². The van der Waals surface area contributed by atoms with Crippen LogP contribution in [0.3, 0.4) is 0 Å². The van der Waals surface area contributed by atoms with Crippen molar-refractivity contribution in [3.63, 3.8) is 0 Å². The van der Waals surface area contributed by atoms with Gasteiger partial charge in [0, 0.05) is 10.1 Å². The third-order valence-corrected chi connectivity index (χ3v) is 4.28. The van der Waals surface area contributed by atoms with Crippen LogP contribution >= 0.6 is 11.3 Å². The molecule has 3 heteroatoms. The summed E-state index contributed by atoms with van der Waals surface area (Å²) in [6.45, 7) is 1.26. The molecule has 2 aromatic carbocycles.